The number of piperidine rings is 1. The third-order valence-electron chi connectivity index (χ3n) is 12.6. The van der Waals surface area contributed by atoms with Gasteiger partial charge < -0.3 is 44.0 Å². The molecule has 0 saturated carbocycles. The summed E-state index contributed by atoms with van der Waals surface area (Å²) in [6.07, 6.45) is 1.96. The van der Waals surface area contributed by atoms with Gasteiger partial charge in [0.15, 0.2) is 18.8 Å². The Kier molecular flexibility index (Phi) is 9.61. The number of aromatic hydroxyl groups is 1. The summed E-state index contributed by atoms with van der Waals surface area (Å²) in [4.78, 5) is 16.6. The van der Waals surface area contributed by atoms with Gasteiger partial charge in [0.1, 0.15) is 17.6 Å². The maximum atomic E-state index is 14.4. The first-order chi connectivity index (χ1) is 25.0. The van der Waals surface area contributed by atoms with Crippen molar-refractivity contribution in [1.82, 2.24) is 10.2 Å². The van der Waals surface area contributed by atoms with Crippen LogP contribution in [0.3, 0.4) is 0 Å². The first-order valence-corrected chi connectivity index (χ1v) is 18.8. The zero-order valence-electron chi connectivity index (χ0n) is 30.7. The van der Waals surface area contributed by atoms with Crippen molar-refractivity contribution >= 4 is 11.4 Å². The van der Waals surface area contributed by atoms with Crippen LogP contribution in [0.1, 0.15) is 95.3 Å². The maximum Gasteiger partial charge on any atom is 0.201 e. The zero-order chi connectivity index (χ0) is 36.5. The first-order valence-electron chi connectivity index (χ1n) is 18.8. The van der Waals surface area contributed by atoms with Crippen LogP contribution >= 0.6 is 0 Å². The number of nitrogens with zero attached hydrogens (tertiary/aromatic N) is 1. The summed E-state index contributed by atoms with van der Waals surface area (Å²) in [6.45, 7) is 16.1. The average Bonchev–Trinajstić information content (AvgIpc) is 3.53. The largest absolute Gasteiger partial charge is 0.507 e. The average molecular weight is 717 g/mol. The highest BCUT2D eigenvalue weighted by Crippen LogP contribution is 2.54. The number of methoxy groups -OCH3 is 2. The normalized spacial score (nSPS) is 33.1. The molecule has 4 heterocycles. The number of phenols is 1. The standard InChI is InChI=1S/C41H52N2O9/c1-21(10-11-25-12-14-42-15-13-25)41(46)19-27-23(3)32-22(2)26-8-7-9-29(47-5)33(26)36(44)35(32)37(45)34(27)30(20-41)51-31-18-28-38(24(4)50-31)52-39-40(48-6)49-17-16-43(28)39/h7-9,24-25,28,30-31,38-40,42,45-46H,1-2,10-20H2,3-6H3/t24-,28-,30-,31-,38+,39+,40-,41-/m0/s1. The van der Waals surface area contributed by atoms with Crippen LogP contribution in [0.15, 0.2) is 36.9 Å². The van der Waals surface area contributed by atoms with Gasteiger partial charge in [0.05, 0.1) is 42.7 Å². The minimum atomic E-state index is -1.31. The molecule has 0 bridgehead atoms. The summed E-state index contributed by atoms with van der Waals surface area (Å²) in [5.41, 5.74) is 3.94. The van der Waals surface area contributed by atoms with Crippen molar-refractivity contribution in [3.63, 3.8) is 0 Å². The van der Waals surface area contributed by atoms with Gasteiger partial charge >= 0.3 is 0 Å². The molecular formula is C41H52N2O9. The molecule has 280 valence electrons. The number of ether oxygens (including phenoxy) is 6. The van der Waals surface area contributed by atoms with E-state index in [1.165, 1.54) is 7.11 Å². The second-order valence-electron chi connectivity index (χ2n) is 15.5. The molecule has 2 aromatic carbocycles. The van der Waals surface area contributed by atoms with Crippen molar-refractivity contribution in [1.29, 1.82) is 0 Å². The Morgan fingerprint density at radius 2 is 1.94 bits per heavy atom. The van der Waals surface area contributed by atoms with Crippen molar-refractivity contribution in [2.75, 3.05) is 40.5 Å². The number of benzene rings is 2. The summed E-state index contributed by atoms with van der Waals surface area (Å²) in [5.74, 6) is 0.525. The Hall–Kier alpha value is -3.13. The van der Waals surface area contributed by atoms with Crippen molar-refractivity contribution in [3.8, 4) is 11.5 Å². The number of nitrogens with one attached hydrogen (secondary N) is 1. The van der Waals surface area contributed by atoms with Gasteiger partial charge in [-0.25, -0.2) is 0 Å². The highest BCUT2D eigenvalue weighted by molar-refractivity contribution is 6.22. The van der Waals surface area contributed by atoms with Crippen LogP contribution in [-0.4, -0.2) is 104 Å². The Balaban J connectivity index is 1.16. The number of hydrogen-bond donors (Lipinski definition) is 3. The third kappa shape index (κ3) is 5.85. The van der Waals surface area contributed by atoms with E-state index in [1.54, 1.807) is 13.2 Å². The Morgan fingerprint density at radius 3 is 2.69 bits per heavy atom. The number of carbonyl (C=O) groups is 1. The number of ketones is 1. The summed E-state index contributed by atoms with van der Waals surface area (Å²) in [7, 11) is 3.15. The fourth-order valence-electron chi connectivity index (χ4n) is 9.79. The van der Waals surface area contributed by atoms with Gasteiger partial charge in [-0.1, -0.05) is 25.3 Å². The minimum absolute atomic E-state index is 0.00470. The lowest BCUT2D eigenvalue weighted by Gasteiger charge is -2.45. The molecule has 0 spiro atoms. The van der Waals surface area contributed by atoms with E-state index in [-0.39, 0.29) is 54.4 Å². The van der Waals surface area contributed by atoms with E-state index in [0.29, 0.717) is 65.5 Å². The van der Waals surface area contributed by atoms with Crippen molar-refractivity contribution < 1.29 is 43.4 Å². The van der Waals surface area contributed by atoms with E-state index in [2.05, 4.69) is 23.4 Å². The molecule has 11 heteroatoms. The Bertz CT molecular complexity index is 1770. The molecule has 0 aromatic heterocycles. The predicted octanol–water partition coefficient (Wildman–Crippen LogP) is 4.92. The number of fused-ring (bicyclic) bond motifs is 6. The van der Waals surface area contributed by atoms with E-state index in [0.717, 1.165) is 49.1 Å². The Morgan fingerprint density at radius 1 is 1.15 bits per heavy atom. The van der Waals surface area contributed by atoms with Gasteiger partial charge in [0.25, 0.3) is 0 Å². The quantitative estimate of drug-likeness (QED) is 0.275. The smallest absolute Gasteiger partial charge is 0.201 e. The van der Waals surface area contributed by atoms with Crippen molar-refractivity contribution in [2.45, 2.75) is 108 Å². The van der Waals surface area contributed by atoms with E-state index in [1.807, 2.05) is 26.0 Å². The van der Waals surface area contributed by atoms with Crippen LogP contribution in [-0.2, 0) is 30.1 Å². The van der Waals surface area contributed by atoms with Gasteiger partial charge in [0.2, 0.25) is 5.78 Å². The number of carbonyl (C=O) groups excluding carboxylic acids is 1. The minimum Gasteiger partial charge on any atom is -0.507 e. The molecule has 2 aliphatic carbocycles. The van der Waals surface area contributed by atoms with E-state index < -0.39 is 24.3 Å². The molecule has 2 aromatic rings. The van der Waals surface area contributed by atoms with Crippen molar-refractivity contribution in [3.05, 3.63) is 75.9 Å². The summed E-state index contributed by atoms with van der Waals surface area (Å²) in [5, 5.41) is 28.3. The lowest BCUT2D eigenvalue weighted by atomic mass is 9.68. The van der Waals surface area contributed by atoms with E-state index in [9.17, 15) is 15.0 Å². The lowest BCUT2D eigenvalue weighted by Crippen LogP contribution is -2.55. The van der Waals surface area contributed by atoms with Gasteiger partial charge in [-0.15, -0.1) is 0 Å². The monoisotopic (exact) mass is 716 g/mol. The van der Waals surface area contributed by atoms with Crippen LogP contribution in [0.5, 0.6) is 11.5 Å². The number of hydrogen-bond acceptors (Lipinski definition) is 11. The van der Waals surface area contributed by atoms with Gasteiger partial charge in [0, 0.05) is 44.5 Å². The highest BCUT2D eigenvalue weighted by atomic mass is 16.7. The van der Waals surface area contributed by atoms with Crippen LogP contribution in [0.2, 0.25) is 0 Å². The lowest BCUT2D eigenvalue weighted by molar-refractivity contribution is -0.256. The zero-order valence-corrected chi connectivity index (χ0v) is 30.7. The molecule has 11 nitrogen and oxygen atoms in total. The van der Waals surface area contributed by atoms with Gasteiger partial charge in [-0.3, -0.25) is 9.69 Å². The summed E-state index contributed by atoms with van der Waals surface area (Å²) >= 11 is 0. The topological polar surface area (TPSA) is 128 Å². The molecule has 6 aliphatic rings. The summed E-state index contributed by atoms with van der Waals surface area (Å²) in [6, 6.07) is 5.43. The predicted molar refractivity (Wildman–Crippen MR) is 193 cm³/mol. The summed E-state index contributed by atoms with van der Waals surface area (Å²) < 4.78 is 36.9. The number of rotatable bonds is 8. The van der Waals surface area contributed by atoms with Crippen LogP contribution in [0.4, 0.5) is 0 Å². The highest BCUT2D eigenvalue weighted by Gasteiger charge is 2.54. The van der Waals surface area contributed by atoms with E-state index in [4.69, 9.17) is 28.4 Å². The molecule has 0 amide bonds. The van der Waals surface area contributed by atoms with Crippen LogP contribution in [0.25, 0.3) is 5.57 Å². The van der Waals surface area contributed by atoms with E-state index >= 15 is 0 Å². The third-order valence-corrected chi connectivity index (χ3v) is 12.6. The van der Waals surface area contributed by atoms with Crippen molar-refractivity contribution in [2.24, 2.45) is 5.92 Å². The second-order valence-corrected chi connectivity index (χ2v) is 15.5. The molecule has 4 saturated heterocycles. The maximum absolute atomic E-state index is 14.4. The Labute approximate surface area is 305 Å². The van der Waals surface area contributed by atoms with Gasteiger partial charge in [-0.2, -0.15) is 0 Å². The van der Waals surface area contributed by atoms with Crippen LogP contribution < -0.4 is 10.1 Å². The molecule has 52 heavy (non-hydrogen) atoms. The van der Waals surface area contributed by atoms with Crippen LogP contribution in [0, 0.1) is 12.8 Å². The molecule has 8 rings (SSSR count). The van der Waals surface area contributed by atoms with Gasteiger partial charge in [-0.05, 0) is 98.0 Å². The molecule has 0 unspecified atom stereocenters. The second kappa shape index (κ2) is 13.9. The molecular weight excluding hydrogens is 664 g/mol. The molecule has 4 fully saturated rings. The SMILES string of the molecule is C=C1c2cccc(OC)c2C(=O)c2c(O)c3c(c(C)c21)C[C@@](O)(C(=C)CCC1CCNCC1)C[C@@H]3O[C@H]1C[C@H]2[C@H](O[C@@H]3[C@@H](OC)OCCN32)[C@H](C)O1. The number of phenolic OH excluding ortho intramolecular Hbond substituents is 1. The molecule has 8 atom stereocenters. The number of aliphatic hydroxyl groups is 1. The fraction of sp³-hybridized carbons (Fsp3) is 0.585. The molecule has 4 aliphatic heterocycles. The molecule has 3 N–H and O–H groups in total. The first kappa shape index (κ1) is 35.9. The molecule has 0 radical (unpaired) electrons. The fourth-order valence-corrected chi connectivity index (χ4v) is 9.79. The number of morpholine rings is 1.